The highest BCUT2D eigenvalue weighted by atomic mass is 16.3. The summed E-state index contributed by atoms with van der Waals surface area (Å²) >= 11 is 0. The molecule has 0 spiro atoms. The van der Waals surface area contributed by atoms with Gasteiger partial charge in [-0.2, -0.15) is 0 Å². The minimum absolute atomic E-state index is 0.226. The van der Waals surface area contributed by atoms with Crippen LogP contribution in [0.3, 0.4) is 0 Å². The monoisotopic (exact) mass is 208 g/mol. The highest BCUT2D eigenvalue weighted by molar-refractivity contribution is 5.79. The summed E-state index contributed by atoms with van der Waals surface area (Å²) in [6.45, 7) is 2.32. The number of benzene rings is 1. The van der Waals surface area contributed by atoms with E-state index in [0.717, 1.165) is 5.56 Å². The Kier molecular flexibility index (Phi) is 4.12. The van der Waals surface area contributed by atoms with Crippen molar-refractivity contribution in [1.82, 2.24) is 5.32 Å². The molecule has 1 aromatic rings. The molecule has 0 aromatic heterocycles. The van der Waals surface area contributed by atoms with Gasteiger partial charge in [-0.05, 0) is 12.5 Å². The molecule has 82 valence electrons. The van der Waals surface area contributed by atoms with Gasteiger partial charge in [0.05, 0.1) is 6.04 Å². The first-order chi connectivity index (χ1) is 7.15. The van der Waals surface area contributed by atoms with Gasteiger partial charge in [0.2, 0.25) is 5.91 Å². The van der Waals surface area contributed by atoms with Crippen molar-refractivity contribution in [2.45, 2.75) is 25.9 Å². The molecule has 4 nitrogen and oxygen atoms in total. The van der Waals surface area contributed by atoms with Crippen LogP contribution in [0.1, 0.15) is 18.9 Å². The molecule has 0 aliphatic heterocycles. The maximum Gasteiger partial charge on any atom is 0.234 e. The Balaban J connectivity index is 2.56. The van der Waals surface area contributed by atoms with Crippen molar-refractivity contribution in [2.24, 2.45) is 5.73 Å². The van der Waals surface area contributed by atoms with Gasteiger partial charge < -0.3 is 16.2 Å². The van der Waals surface area contributed by atoms with Crippen molar-refractivity contribution in [1.29, 1.82) is 0 Å². The number of primary amides is 1. The Hall–Kier alpha value is -1.55. The number of amides is 1. The minimum atomic E-state index is -0.368. The number of phenols is 1. The highest BCUT2D eigenvalue weighted by Gasteiger charge is 2.11. The molecule has 1 atom stereocenters. The Morgan fingerprint density at radius 1 is 1.53 bits per heavy atom. The van der Waals surface area contributed by atoms with Crippen LogP contribution in [0.25, 0.3) is 0 Å². The van der Waals surface area contributed by atoms with Crippen LogP contribution >= 0.6 is 0 Å². The van der Waals surface area contributed by atoms with Crippen LogP contribution in [0.4, 0.5) is 0 Å². The number of nitrogens with two attached hydrogens (primary N) is 1. The van der Waals surface area contributed by atoms with Gasteiger partial charge in [0.25, 0.3) is 0 Å². The molecule has 0 bridgehead atoms. The van der Waals surface area contributed by atoms with E-state index in [1.165, 1.54) is 0 Å². The van der Waals surface area contributed by atoms with Crippen LogP contribution < -0.4 is 11.1 Å². The molecule has 0 fully saturated rings. The molecule has 15 heavy (non-hydrogen) atoms. The summed E-state index contributed by atoms with van der Waals surface area (Å²) in [4.78, 5) is 10.9. The number of hydrogen-bond donors (Lipinski definition) is 3. The van der Waals surface area contributed by atoms with Crippen molar-refractivity contribution in [3.63, 3.8) is 0 Å². The molecule has 0 saturated heterocycles. The fourth-order valence-electron chi connectivity index (χ4n) is 1.34. The zero-order chi connectivity index (χ0) is 11.3. The average Bonchev–Trinajstić information content (AvgIpc) is 2.21. The molecular formula is C11H16N2O2. The van der Waals surface area contributed by atoms with E-state index in [1.807, 2.05) is 13.0 Å². The van der Waals surface area contributed by atoms with Gasteiger partial charge in [-0.3, -0.25) is 4.79 Å². The maximum absolute atomic E-state index is 10.9. The first kappa shape index (κ1) is 11.5. The number of aromatic hydroxyl groups is 1. The topological polar surface area (TPSA) is 75.3 Å². The molecular weight excluding hydrogens is 192 g/mol. The standard InChI is InChI=1S/C11H16N2O2/c1-2-9(11(12)15)13-7-8-5-3-4-6-10(8)14/h3-6,9,13-14H,2,7H2,1H3,(H2,12,15). The van der Waals surface area contributed by atoms with Gasteiger partial charge in [-0.1, -0.05) is 25.1 Å². The van der Waals surface area contributed by atoms with Crippen LogP contribution in [-0.4, -0.2) is 17.1 Å². The molecule has 4 heteroatoms. The van der Waals surface area contributed by atoms with E-state index < -0.39 is 0 Å². The molecule has 0 heterocycles. The first-order valence-electron chi connectivity index (χ1n) is 4.94. The van der Waals surface area contributed by atoms with Crippen LogP contribution in [0.5, 0.6) is 5.75 Å². The predicted molar refractivity (Wildman–Crippen MR) is 58.2 cm³/mol. The SMILES string of the molecule is CCC(NCc1ccccc1O)C(N)=O. The summed E-state index contributed by atoms with van der Waals surface area (Å²) in [5.41, 5.74) is 5.95. The lowest BCUT2D eigenvalue weighted by atomic mass is 10.1. The van der Waals surface area contributed by atoms with Gasteiger partial charge in [-0.25, -0.2) is 0 Å². The van der Waals surface area contributed by atoms with E-state index in [0.29, 0.717) is 13.0 Å². The molecule has 1 aromatic carbocycles. The molecule has 0 aliphatic carbocycles. The Bertz CT molecular complexity index is 339. The van der Waals surface area contributed by atoms with Gasteiger partial charge in [0.15, 0.2) is 0 Å². The number of hydrogen-bond acceptors (Lipinski definition) is 3. The van der Waals surface area contributed by atoms with Crippen molar-refractivity contribution >= 4 is 5.91 Å². The van der Waals surface area contributed by atoms with E-state index in [2.05, 4.69) is 5.32 Å². The second-order valence-corrected chi connectivity index (χ2v) is 3.37. The fourth-order valence-corrected chi connectivity index (χ4v) is 1.34. The lowest BCUT2D eigenvalue weighted by molar-refractivity contribution is -0.120. The number of carbonyl (C=O) groups excluding carboxylic acids is 1. The Morgan fingerprint density at radius 2 is 2.20 bits per heavy atom. The van der Waals surface area contributed by atoms with Crippen LogP contribution in [0.15, 0.2) is 24.3 Å². The van der Waals surface area contributed by atoms with E-state index in [1.54, 1.807) is 18.2 Å². The van der Waals surface area contributed by atoms with Gasteiger partial charge in [-0.15, -0.1) is 0 Å². The summed E-state index contributed by atoms with van der Waals surface area (Å²) in [5, 5.41) is 12.5. The molecule has 1 unspecified atom stereocenters. The van der Waals surface area contributed by atoms with Crippen molar-refractivity contribution in [2.75, 3.05) is 0 Å². The summed E-state index contributed by atoms with van der Waals surface area (Å²) in [7, 11) is 0. The lowest BCUT2D eigenvalue weighted by Crippen LogP contribution is -2.40. The van der Waals surface area contributed by atoms with E-state index in [4.69, 9.17) is 5.73 Å². The van der Waals surface area contributed by atoms with Crippen molar-refractivity contribution in [3.8, 4) is 5.75 Å². The highest BCUT2D eigenvalue weighted by Crippen LogP contribution is 2.15. The second-order valence-electron chi connectivity index (χ2n) is 3.37. The van der Waals surface area contributed by atoms with E-state index >= 15 is 0 Å². The summed E-state index contributed by atoms with van der Waals surface area (Å²) in [6, 6.07) is 6.66. The largest absolute Gasteiger partial charge is 0.508 e. The number of carbonyl (C=O) groups is 1. The lowest BCUT2D eigenvalue weighted by Gasteiger charge is -2.13. The fraction of sp³-hybridized carbons (Fsp3) is 0.364. The zero-order valence-electron chi connectivity index (χ0n) is 8.73. The zero-order valence-corrected chi connectivity index (χ0v) is 8.73. The maximum atomic E-state index is 10.9. The Morgan fingerprint density at radius 3 is 2.73 bits per heavy atom. The van der Waals surface area contributed by atoms with Crippen molar-refractivity contribution < 1.29 is 9.90 Å². The molecule has 4 N–H and O–H groups in total. The molecule has 0 saturated carbocycles. The smallest absolute Gasteiger partial charge is 0.234 e. The van der Waals surface area contributed by atoms with Crippen LogP contribution in [0, 0.1) is 0 Å². The third kappa shape index (κ3) is 3.25. The predicted octanol–water partition coefficient (Wildman–Crippen LogP) is 0.746. The number of nitrogens with one attached hydrogen (secondary N) is 1. The van der Waals surface area contributed by atoms with Crippen LogP contribution in [0.2, 0.25) is 0 Å². The first-order valence-corrected chi connectivity index (χ1v) is 4.94. The third-order valence-corrected chi connectivity index (χ3v) is 2.28. The molecule has 0 radical (unpaired) electrons. The molecule has 0 aliphatic rings. The normalized spacial score (nSPS) is 12.3. The minimum Gasteiger partial charge on any atom is -0.508 e. The van der Waals surface area contributed by atoms with Crippen LogP contribution in [-0.2, 0) is 11.3 Å². The summed E-state index contributed by atoms with van der Waals surface area (Å²) in [5.74, 6) is -0.141. The van der Waals surface area contributed by atoms with Crippen molar-refractivity contribution in [3.05, 3.63) is 29.8 Å². The molecule has 1 amide bonds. The number of para-hydroxylation sites is 1. The van der Waals surface area contributed by atoms with Gasteiger partial charge in [0, 0.05) is 12.1 Å². The quantitative estimate of drug-likeness (QED) is 0.668. The molecule has 1 rings (SSSR count). The average molecular weight is 208 g/mol. The Labute approximate surface area is 89.1 Å². The third-order valence-electron chi connectivity index (χ3n) is 2.28. The van der Waals surface area contributed by atoms with E-state index in [-0.39, 0.29) is 17.7 Å². The summed E-state index contributed by atoms with van der Waals surface area (Å²) in [6.07, 6.45) is 0.642. The van der Waals surface area contributed by atoms with Gasteiger partial charge >= 0.3 is 0 Å². The summed E-state index contributed by atoms with van der Waals surface area (Å²) < 4.78 is 0. The number of phenolic OH excluding ortho intramolecular Hbond substituents is 1. The second kappa shape index (κ2) is 5.36. The van der Waals surface area contributed by atoms with Gasteiger partial charge in [0.1, 0.15) is 5.75 Å². The van der Waals surface area contributed by atoms with E-state index in [9.17, 15) is 9.90 Å². The number of rotatable bonds is 5.